The number of carbonyl (C=O) groups excluding carboxylic acids is 1. The van der Waals surface area contributed by atoms with Gasteiger partial charge in [-0.3, -0.25) is 4.79 Å². The van der Waals surface area contributed by atoms with E-state index >= 15 is 0 Å². The second-order valence-corrected chi connectivity index (χ2v) is 10.0. The normalized spacial score (nSPS) is 21.5. The quantitative estimate of drug-likeness (QED) is 0.451. The number of amides is 1. The molecule has 0 radical (unpaired) electrons. The third kappa shape index (κ3) is 3.19. The summed E-state index contributed by atoms with van der Waals surface area (Å²) >= 11 is 0. The summed E-state index contributed by atoms with van der Waals surface area (Å²) in [6.07, 6.45) is 8.58. The van der Waals surface area contributed by atoms with Crippen molar-refractivity contribution in [2.45, 2.75) is 49.8 Å². The molecule has 2 bridgehead atoms. The lowest BCUT2D eigenvalue weighted by atomic mass is 9.77. The predicted octanol–water partition coefficient (Wildman–Crippen LogP) is 3.79. The molecule has 4 heterocycles. The number of ether oxygens (including phenoxy) is 1. The Morgan fingerprint density at radius 2 is 1.95 bits per heavy atom. The lowest BCUT2D eigenvalue weighted by Gasteiger charge is -2.36. The summed E-state index contributed by atoms with van der Waals surface area (Å²) in [4.78, 5) is 28.8. The van der Waals surface area contributed by atoms with Crippen LogP contribution >= 0.6 is 0 Å². The Kier molecular flexibility index (Phi) is 4.66. The summed E-state index contributed by atoms with van der Waals surface area (Å²) in [5.41, 5.74) is 10.2. The number of hydrogen-bond donors (Lipinski definition) is 1. The first kappa shape index (κ1) is 22.2. The van der Waals surface area contributed by atoms with Crippen LogP contribution in [0.2, 0.25) is 0 Å². The van der Waals surface area contributed by atoms with Crippen molar-refractivity contribution >= 4 is 11.6 Å². The van der Waals surface area contributed by atoms with E-state index in [-0.39, 0.29) is 23.6 Å². The minimum absolute atomic E-state index is 0.000971. The largest absolute Gasteiger partial charge is 0.434 e. The number of hydrogen-bond acceptors (Lipinski definition) is 7. The molecule has 11 heteroatoms. The van der Waals surface area contributed by atoms with Gasteiger partial charge in [0.2, 0.25) is 0 Å². The molecule has 4 aromatic rings. The zero-order valence-electron chi connectivity index (χ0n) is 19.9. The highest BCUT2D eigenvalue weighted by Gasteiger charge is 2.46. The maximum atomic E-state index is 13.3. The van der Waals surface area contributed by atoms with Crippen LogP contribution < -0.4 is 10.5 Å². The van der Waals surface area contributed by atoms with Gasteiger partial charge in [-0.15, -0.1) is 0 Å². The number of benzene rings is 1. The molecular formula is C26H23F2N7O2. The van der Waals surface area contributed by atoms with E-state index in [2.05, 4.69) is 9.97 Å². The standard InChI is InChI=1S/C26H23F2N7O2/c1-34-17-10-15(19-14(23(34)36)4-2-5-18(19)37-25(27)28)20-21(17)33-35-9-6-16(32-22(20)35)13-11-30-24(31-12-13)26(29)7-3-8-26/h2,4-6,9,11-12,15,17,25H,3,7-8,10,29H2,1H3/t15-,17-/m1/s1. The molecule has 37 heavy (non-hydrogen) atoms. The smallest absolute Gasteiger partial charge is 0.387 e. The molecule has 188 valence electrons. The highest BCUT2D eigenvalue weighted by atomic mass is 19.3. The number of rotatable bonds is 4. The lowest BCUT2D eigenvalue weighted by molar-refractivity contribution is -0.0505. The Balaban J connectivity index is 1.37. The second-order valence-electron chi connectivity index (χ2n) is 10.0. The van der Waals surface area contributed by atoms with Crippen molar-refractivity contribution in [2.75, 3.05) is 7.05 Å². The van der Waals surface area contributed by atoms with Crippen LogP contribution in [0.25, 0.3) is 16.9 Å². The van der Waals surface area contributed by atoms with Gasteiger partial charge in [0, 0.05) is 53.8 Å². The van der Waals surface area contributed by atoms with Crippen LogP contribution in [0.4, 0.5) is 8.78 Å². The molecule has 1 aliphatic heterocycles. The van der Waals surface area contributed by atoms with Crippen LogP contribution in [0, 0.1) is 0 Å². The fourth-order valence-electron chi connectivity index (χ4n) is 5.88. The second kappa shape index (κ2) is 7.75. The molecule has 3 aliphatic rings. The zero-order valence-corrected chi connectivity index (χ0v) is 19.9. The number of nitrogens with zero attached hydrogens (tertiary/aromatic N) is 6. The molecule has 0 unspecified atom stereocenters. The van der Waals surface area contributed by atoms with Crippen molar-refractivity contribution in [3.8, 4) is 17.0 Å². The first-order valence-corrected chi connectivity index (χ1v) is 12.2. The van der Waals surface area contributed by atoms with Crippen molar-refractivity contribution in [2.24, 2.45) is 5.73 Å². The Morgan fingerprint density at radius 3 is 2.65 bits per heavy atom. The number of nitrogens with two attached hydrogens (primary N) is 1. The number of alkyl halides is 2. The van der Waals surface area contributed by atoms with Crippen LogP contribution in [0.1, 0.15) is 70.6 Å². The minimum Gasteiger partial charge on any atom is -0.434 e. The zero-order chi connectivity index (χ0) is 25.5. The fraction of sp³-hybridized carbons (Fsp3) is 0.346. The molecule has 3 aromatic heterocycles. The van der Waals surface area contributed by atoms with Crippen LogP contribution in [0.3, 0.4) is 0 Å². The van der Waals surface area contributed by atoms with E-state index in [1.54, 1.807) is 47.2 Å². The van der Waals surface area contributed by atoms with E-state index in [4.69, 9.17) is 20.6 Å². The van der Waals surface area contributed by atoms with Gasteiger partial charge in [0.25, 0.3) is 5.91 Å². The van der Waals surface area contributed by atoms with Gasteiger partial charge in [0.1, 0.15) is 11.6 Å². The minimum atomic E-state index is -3.01. The van der Waals surface area contributed by atoms with Crippen molar-refractivity contribution in [3.05, 3.63) is 71.1 Å². The van der Waals surface area contributed by atoms with Gasteiger partial charge in [-0.1, -0.05) is 6.07 Å². The van der Waals surface area contributed by atoms with E-state index < -0.39 is 12.2 Å². The van der Waals surface area contributed by atoms with E-state index in [0.717, 1.165) is 30.4 Å². The number of aromatic nitrogens is 5. The van der Waals surface area contributed by atoms with Crippen molar-refractivity contribution < 1.29 is 18.3 Å². The number of halogens is 2. The Labute approximate surface area is 210 Å². The summed E-state index contributed by atoms with van der Waals surface area (Å²) in [6, 6.07) is 6.21. The summed E-state index contributed by atoms with van der Waals surface area (Å²) in [5.74, 6) is 0.00193. The summed E-state index contributed by atoms with van der Waals surface area (Å²) in [5, 5.41) is 4.75. The Hall–Kier alpha value is -3.99. The SMILES string of the molecule is CN1C(=O)c2cccc(OC(F)F)c2[C@H]2C[C@@H]1c1nn3ccc(-c4cnc(C5(N)CCC5)nc4)nc3c12. The van der Waals surface area contributed by atoms with Crippen molar-refractivity contribution in [3.63, 3.8) is 0 Å². The van der Waals surface area contributed by atoms with Crippen molar-refractivity contribution in [1.82, 2.24) is 29.5 Å². The van der Waals surface area contributed by atoms with Gasteiger partial charge in [-0.2, -0.15) is 13.9 Å². The summed E-state index contributed by atoms with van der Waals surface area (Å²) in [7, 11) is 1.71. The van der Waals surface area contributed by atoms with Crippen LogP contribution in [0.15, 0.2) is 42.9 Å². The molecule has 2 aliphatic carbocycles. The first-order valence-electron chi connectivity index (χ1n) is 12.2. The van der Waals surface area contributed by atoms with Crippen LogP contribution in [-0.4, -0.2) is 49.0 Å². The lowest BCUT2D eigenvalue weighted by Crippen LogP contribution is -2.44. The third-order valence-electron chi connectivity index (χ3n) is 7.96. The van der Waals surface area contributed by atoms with Gasteiger partial charge >= 0.3 is 6.61 Å². The Bertz CT molecular complexity index is 1570. The van der Waals surface area contributed by atoms with Crippen LogP contribution in [0.5, 0.6) is 5.75 Å². The van der Waals surface area contributed by atoms with E-state index in [0.29, 0.717) is 40.4 Å². The molecule has 1 amide bonds. The molecule has 0 spiro atoms. The summed E-state index contributed by atoms with van der Waals surface area (Å²) in [6.45, 7) is -3.01. The van der Waals surface area contributed by atoms with Gasteiger partial charge in [0.05, 0.1) is 23.0 Å². The number of carbonyl (C=O) groups is 1. The molecule has 1 fully saturated rings. The van der Waals surface area contributed by atoms with Gasteiger partial charge in [-0.25, -0.2) is 19.5 Å². The third-order valence-corrected chi connectivity index (χ3v) is 7.96. The molecule has 2 atom stereocenters. The van der Waals surface area contributed by atoms with Gasteiger partial charge in [-0.05, 0) is 43.9 Å². The molecule has 1 aromatic carbocycles. The maximum absolute atomic E-state index is 13.3. The monoisotopic (exact) mass is 503 g/mol. The molecular weight excluding hydrogens is 480 g/mol. The fourth-order valence-corrected chi connectivity index (χ4v) is 5.88. The molecule has 0 saturated heterocycles. The highest BCUT2D eigenvalue weighted by Crippen LogP contribution is 2.53. The Morgan fingerprint density at radius 1 is 1.16 bits per heavy atom. The van der Waals surface area contributed by atoms with Crippen molar-refractivity contribution in [1.29, 1.82) is 0 Å². The molecule has 2 N–H and O–H groups in total. The topological polar surface area (TPSA) is 112 Å². The number of fused-ring (bicyclic) bond motifs is 9. The molecule has 7 rings (SSSR count). The van der Waals surface area contributed by atoms with Gasteiger partial charge < -0.3 is 15.4 Å². The summed E-state index contributed by atoms with van der Waals surface area (Å²) < 4.78 is 33.1. The van der Waals surface area contributed by atoms with E-state index in [9.17, 15) is 13.6 Å². The average Bonchev–Trinajstić information content (AvgIpc) is 3.40. The first-order chi connectivity index (χ1) is 17.8. The van der Waals surface area contributed by atoms with Gasteiger partial charge in [0.15, 0.2) is 5.65 Å². The molecule has 1 saturated carbocycles. The molecule has 9 nitrogen and oxygen atoms in total. The highest BCUT2D eigenvalue weighted by molar-refractivity contribution is 5.98. The maximum Gasteiger partial charge on any atom is 0.387 e. The van der Waals surface area contributed by atoms with E-state index in [1.807, 2.05) is 6.07 Å². The predicted molar refractivity (Wildman–Crippen MR) is 128 cm³/mol. The van der Waals surface area contributed by atoms with E-state index in [1.165, 1.54) is 6.07 Å². The average molecular weight is 504 g/mol. The van der Waals surface area contributed by atoms with Crippen LogP contribution in [-0.2, 0) is 5.54 Å².